The third kappa shape index (κ3) is 8.62. The quantitative estimate of drug-likeness (QED) is 0.312. The molecule has 0 rings (SSSR count). The second-order valence-corrected chi connectivity index (χ2v) is 12.1. The lowest BCUT2D eigenvalue weighted by molar-refractivity contribution is -0.143. The zero-order valence-electron chi connectivity index (χ0n) is 15.3. The van der Waals surface area contributed by atoms with Crippen LogP contribution < -0.4 is 0 Å². The molecule has 0 aromatic heterocycles. The average molecular weight is 317 g/mol. The van der Waals surface area contributed by atoms with Gasteiger partial charge in [-0.2, -0.15) is 0 Å². The molecule has 0 aliphatic carbocycles. The standard InChI is InChI=1S/C17H36O3Si/c1-8-10-11-12-15(13-14-16(18)19-9-2)20-21(6,7)17(3,4)5/h15H,8-14H2,1-7H3/t15-/m1/s1. The van der Waals surface area contributed by atoms with Gasteiger partial charge in [-0.3, -0.25) is 4.79 Å². The van der Waals surface area contributed by atoms with Crippen molar-refractivity contribution in [3.63, 3.8) is 0 Å². The minimum Gasteiger partial charge on any atom is -0.466 e. The van der Waals surface area contributed by atoms with Gasteiger partial charge in [0.25, 0.3) is 0 Å². The number of ether oxygens (including phenoxy) is 1. The summed E-state index contributed by atoms with van der Waals surface area (Å²) < 4.78 is 11.5. The first-order chi connectivity index (χ1) is 9.64. The van der Waals surface area contributed by atoms with E-state index in [9.17, 15) is 4.79 Å². The summed E-state index contributed by atoms with van der Waals surface area (Å²) in [6.45, 7) is 15.9. The lowest BCUT2D eigenvalue weighted by Gasteiger charge is -2.39. The van der Waals surface area contributed by atoms with Gasteiger partial charge < -0.3 is 9.16 Å². The van der Waals surface area contributed by atoms with Gasteiger partial charge in [0.2, 0.25) is 0 Å². The maximum absolute atomic E-state index is 11.6. The Bertz CT molecular complexity index is 295. The van der Waals surface area contributed by atoms with Crippen LogP contribution in [0.3, 0.4) is 0 Å². The molecule has 0 fully saturated rings. The minimum absolute atomic E-state index is 0.100. The zero-order valence-corrected chi connectivity index (χ0v) is 16.3. The molecule has 0 amide bonds. The molecule has 4 heteroatoms. The van der Waals surface area contributed by atoms with Crippen molar-refractivity contribution in [3.8, 4) is 0 Å². The van der Waals surface area contributed by atoms with Crippen LogP contribution in [0.1, 0.15) is 73.1 Å². The Hall–Kier alpha value is -0.353. The summed E-state index contributed by atoms with van der Waals surface area (Å²) in [5.41, 5.74) is 0. The van der Waals surface area contributed by atoms with E-state index in [0.717, 1.165) is 12.8 Å². The molecular formula is C17H36O3Si. The second-order valence-electron chi connectivity index (χ2n) is 7.34. The van der Waals surface area contributed by atoms with Crippen molar-refractivity contribution in [1.29, 1.82) is 0 Å². The van der Waals surface area contributed by atoms with Crippen molar-refractivity contribution < 1.29 is 14.0 Å². The Labute approximate surface area is 132 Å². The smallest absolute Gasteiger partial charge is 0.305 e. The van der Waals surface area contributed by atoms with Crippen LogP contribution in [0.2, 0.25) is 18.1 Å². The fraction of sp³-hybridized carbons (Fsp3) is 0.941. The third-order valence-electron chi connectivity index (χ3n) is 4.37. The van der Waals surface area contributed by atoms with E-state index < -0.39 is 8.32 Å². The highest BCUT2D eigenvalue weighted by molar-refractivity contribution is 6.74. The van der Waals surface area contributed by atoms with Gasteiger partial charge >= 0.3 is 5.97 Å². The lowest BCUT2D eigenvalue weighted by Crippen LogP contribution is -2.44. The van der Waals surface area contributed by atoms with Crippen LogP contribution in [0.25, 0.3) is 0 Å². The fourth-order valence-electron chi connectivity index (χ4n) is 1.99. The number of rotatable bonds is 10. The van der Waals surface area contributed by atoms with Gasteiger partial charge in [0.1, 0.15) is 0 Å². The number of unbranched alkanes of at least 4 members (excludes halogenated alkanes) is 2. The van der Waals surface area contributed by atoms with E-state index in [4.69, 9.17) is 9.16 Å². The predicted octanol–water partition coefficient (Wildman–Crippen LogP) is 5.30. The van der Waals surface area contributed by atoms with E-state index in [1.807, 2.05) is 6.92 Å². The lowest BCUT2D eigenvalue weighted by atomic mass is 10.1. The maximum atomic E-state index is 11.6. The molecule has 0 saturated carbocycles. The summed E-state index contributed by atoms with van der Waals surface area (Å²) in [6.07, 6.45) is 6.13. The summed E-state index contributed by atoms with van der Waals surface area (Å²) in [5.74, 6) is -0.100. The Kier molecular flexibility index (Phi) is 9.46. The van der Waals surface area contributed by atoms with Crippen LogP contribution in [-0.2, 0) is 14.0 Å². The topological polar surface area (TPSA) is 35.5 Å². The Morgan fingerprint density at radius 1 is 1.10 bits per heavy atom. The molecule has 0 radical (unpaired) electrons. The Balaban J connectivity index is 4.55. The van der Waals surface area contributed by atoms with Crippen molar-refractivity contribution in [2.45, 2.75) is 97.4 Å². The molecule has 0 spiro atoms. The van der Waals surface area contributed by atoms with E-state index in [1.54, 1.807) is 0 Å². The Morgan fingerprint density at radius 3 is 2.19 bits per heavy atom. The molecule has 21 heavy (non-hydrogen) atoms. The second kappa shape index (κ2) is 9.62. The number of carbonyl (C=O) groups is 1. The number of hydrogen-bond donors (Lipinski definition) is 0. The SMILES string of the molecule is CCCCC[C@H](CCC(=O)OCC)O[Si](C)(C)C(C)(C)C. The maximum Gasteiger partial charge on any atom is 0.305 e. The van der Waals surface area contributed by atoms with Crippen LogP contribution in [0.5, 0.6) is 0 Å². The number of hydrogen-bond acceptors (Lipinski definition) is 3. The van der Waals surface area contributed by atoms with E-state index >= 15 is 0 Å². The summed E-state index contributed by atoms with van der Waals surface area (Å²) in [6, 6.07) is 0. The molecule has 1 atom stereocenters. The van der Waals surface area contributed by atoms with Crippen molar-refractivity contribution in [3.05, 3.63) is 0 Å². The van der Waals surface area contributed by atoms with Gasteiger partial charge in [-0.15, -0.1) is 0 Å². The monoisotopic (exact) mass is 316 g/mol. The van der Waals surface area contributed by atoms with Gasteiger partial charge in [-0.25, -0.2) is 0 Å². The van der Waals surface area contributed by atoms with Gasteiger partial charge in [-0.05, 0) is 37.9 Å². The van der Waals surface area contributed by atoms with Crippen molar-refractivity contribution in [2.75, 3.05) is 6.61 Å². The highest BCUT2D eigenvalue weighted by Crippen LogP contribution is 2.38. The molecule has 0 aromatic carbocycles. The van der Waals surface area contributed by atoms with Crippen LogP contribution >= 0.6 is 0 Å². The van der Waals surface area contributed by atoms with Gasteiger partial charge in [-0.1, -0.05) is 47.0 Å². The normalized spacial score (nSPS) is 14.0. The number of carbonyl (C=O) groups excluding carboxylic acids is 1. The fourth-order valence-corrected chi connectivity index (χ4v) is 3.41. The molecule has 0 aromatic rings. The van der Waals surface area contributed by atoms with Crippen LogP contribution in [0, 0.1) is 0 Å². The largest absolute Gasteiger partial charge is 0.466 e. The molecule has 0 N–H and O–H groups in total. The van der Waals surface area contributed by atoms with E-state index in [0.29, 0.717) is 13.0 Å². The first kappa shape index (κ1) is 20.6. The molecule has 0 aliphatic heterocycles. The van der Waals surface area contributed by atoms with E-state index in [2.05, 4.69) is 40.8 Å². The summed E-state index contributed by atoms with van der Waals surface area (Å²) in [4.78, 5) is 11.6. The van der Waals surface area contributed by atoms with E-state index in [-0.39, 0.29) is 17.1 Å². The third-order valence-corrected chi connectivity index (χ3v) is 8.91. The van der Waals surface area contributed by atoms with Crippen molar-refractivity contribution >= 4 is 14.3 Å². The molecular weight excluding hydrogens is 280 g/mol. The molecule has 0 bridgehead atoms. The van der Waals surface area contributed by atoms with Crippen LogP contribution in [0.15, 0.2) is 0 Å². The van der Waals surface area contributed by atoms with Gasteiger partial charge in [0.05, 0.1) is 6.61 Å². The minimum atomic E-state index is -1.77. The zero-order chi connectivity index (χ0) is 16.5. The summed E-state index contributed by atoms with van der Waals surface area (Å²) >= 11 is 0. The first-order valence-corrected chi connectivity index (χ1v) is 11.4. The molecule has 0 unspecified atom stereocenters. The van der Waals surface area contributed by atoms with Crippen LogP contribution in [0.4, 0.5) is 0 Å². The van der Waals surface area contributed by atoms with Crippen molar-refractivity contribution in [1.82, 2.24) is 0 Å². The number of esters is 1. The molecule has 126 valence electrons. The van der Waals surface area contributed by atoms with Crippen molar-refractivity contribution in [2.24, 2.45) is 0 Å². The summed E-state index contributed by atoms with van der Waals surface area (Å²) in [5, 5.41) is 0.208. The van der Waals surface area contributed by atoms with Crippen LogP contribution in [-0.4, -0.2) is 27.0 Å². The predicted molar refractivity (Wildman–Crippen MR) is 92.1 cm³/mol. The molecule has 0 aliphatic rings. The highest BCUT2D eigenvalue weighted by atomic mass is 28.4. The Morgan fingerprint density at radius 2 is 1.71 bits per heavy atom. The molecule has 0 saturated heterocycles. The average Bonchev–Trinajstić information content (AvgIpc) is 2.34. The van der Waals surface area contributed by atoms with E-state index in [1.165, 1.54) is 19.3 Å². The molecule has 3 nitrogen and oxygen atoms in total. The first-order valence-electron chi connectivity index (χ1n) is 8.47. The molecule has 0 heterocycles. The summed E-state index contributed by atoms with van der Waals surface area (Å²) in [7, 11) is -1.77. The van der Waals surface area contributed by atoms with Gasteiger partial charge in [0, 0.05) is 12.5 Å². The van der Waals surface area contributed by atoms with Gasteiger partial charge in [0.15, 0.2) is 8.32 Å². The highest BCUT2D eigenvalue weighted by Gasteiger charge is 2.39.